The van der Waals surface area contributed by atoms with Gasteiger partial charge in [0.05, 0.1) is 6.61 Å². The second kappa shape index (κ2) is 8.74. The minimum absolute atomic E-state index is 0.301. The van der Waals surface area contributed by atoms with Gasteiger partial charge in [-0.15, -0.1) is 11.3 Å². The van der Waals surface area contributed by atoms with Crippen LogP contribution in [0.1, 0.15) is 26.3 Å². The Hall–Kier alpha value is -0.470. The lowest BCUT2D eigenvalue weighted by Gasteiger charge is -2.07. The molecule has 20 heavy (non-hydrogen) atoms. The van der Waals surface area contributed by atoms with Crippen LogP contribution in [0.25, 0.3) is 0 Å². The molecule has 0 bridgehead atoms. The number of hydrogen-bond acceptors (Lipinski definition) is 5. The fourth-order valence-electron chi connectivity index (χ4n) is 1.49. The molecule has 1 aromatic heterocycles. The number of thiophene rings is 1. The van der Waals surface area contributed by atoms with Gasteiger partial charge in [-0.05, 0) is 29.5 Å². The van der Waals surface area contributed by atoms with Crippen molar-refractivity contribution in [1.82, 2.24) is 10.0 Å². The summed E-state index contributed by atoms with van der Waals surface area (Å²) in [5.74, 6) is 0.456. The van der Waals surface area contributed by atoms with Crippen LogP contribution in [-0.4, -0.2) is 34.7 Å². The van der Waals surface area contributed by atoms with Crippen LogP contribution in [0.4, 0.5) is 0 Å². The van der Waals surface area contributed by atoms with E-state index < -0.39 is 10.0 Å². The Morgan fingerprint density at radius 1 is 1.40 bits per heavy atom. The minimum atomic E-state index is -3.40. The van der Waals surface area contributed by atoms with Crippen molar-refractivity contribution in [3.63, 3.8) is 0 Å². The average Bonchev–Trinajstić information content (AvgIpc) is 2.85. The third kappa shape index (κ3) is 6.32. The average molecular weight is 320 g/mol. The van der Waals surface area contributed by atoms with Crippen LogP contribution >= 0.6 is 11.3 Å². The van der Waals surface area contributed by atoms with Gasteiger partial charge in [-0.3, -0.25) is 0 Å². The van der Waals surface area contributed by atoms with Gasteiger partial charge in [0.25, 0.3) is 0 Å². The summed E-state index contributed by atoms with van der Waals surface area (Å²) in [4.78, 5) is 0. The number of nitrogens with one attached hydrogen (secondary N) is 2. The van der Waals surface area contributed by atoms with E-state index in [0.29, 0.717) is 36.4 Å². The van der Waals surface area contributed by atoms with Gasteiger partial charge in [0.2, 0.25) is 10.0 Å². The zero-order valence-electron chi connectivity index (χ0n) is 12.3. The quantitative estimate of drug-likeness (QED) is 0.645. The standard InChI is InChI=1S/C13H24N2O3S2/c1-4-14-8-12-7-13(19-10-12)20(16,17)15-5-6-18-9-11(2)3/h7,10-11,14-15H,4-6,8-9H2,1-3H3. The Morgan fingerprint density at radius 3 is 2.80 bits per heavy atom. The number of hydrogen-bond donors (Lipinski definition) is 2. The predicted molar refractivity (Wildman–Crippen MR) is 82.5 cm³/mol. The number of rotatable bonds is 10. The number of sulfonamides is 1. The molecule has 0 fully saturated rings. The molecule has 116 valence electrons. The van der Waals surface area contributed by atoms with Crippen LogP contribution in [0.5, 0.6) is 0 Å². The molecule has 1 aromatic rings. The fourth-order valence-corrected chi connectivity index (χ4v) is 3.76. The van der Waals surface area contributed by atoms with E-state index in [1.807, 2.05) is 12.3 Å². The van der Waals surface area contributed by atoms with Crippen molar-refractivity contribution in [2.45, 2.75) is 31.5 Å². The van der Waals surface area contributed by atoms with Gasteiger partial charge in [0.1, 0.15) is 4.21 Å². The molecule has 2 N–H and O–H groups in total. The summed E-state index contributed by atoms with van der Waals surface area (Å²) in [5.41, 5.74) is 0.994. The van der Waals surface area contributed by atoms with Gasteiger partial charge in [0.15, 0.2) is 0 Å². The Labute approximate surface area is 125 Å². The highest BCUT2D eigenvalue weighted by Gasteiger charge is 2.16. The first-order valence-electron chi connectivity index (χ1n) is 6.81. The van der Waals surface area contributed by atoms with Crippen LogP contribution in [0.3, 0.4) is 0 Å². The largest absolute Gasteiger partial charge is 0.380 e. The lowest BCUT2D eigenvalue weighted by molar-refractivity contribution is 0.114. The van der Waals surface area contributed by atoms with Gasteiger partial charge in [-0.1, -0.05) is 20.8 Å². The van der Waals surface area contributed by atoms with E-state index >= 15 is 0 Å². The second-order valence-electron chi connectivity index (χ2n) is 4.92. The summed E-state index contributed by atoms with van der Waals surface area (Å²) in [6, 6.07) is 1.71. The molecule has 7 heteroatoms. The molecular formula is C13H24N2O3S2. The van der Waals surface area contributed by atoms with E-state index in [9.17, 15) is 8.42 Å². The number of ether oxygens (including phenoxy) is 1. The summed E-state index contributed by atoms with van der Waals surface area (Å²) in [5, 5.41) is 5.04. The molecule has 0 atom stereocenters. The SMILES string of the molecule is CCNCc1csc(S(=O)(=O)NCCOCC(C)C)c1. The molecule has 0 amide bonds. The Morgan fingerprint density at radius 2 is 2.15 bits per heavy atom. The van der Waals surface area contributed by atoms with Crippen molar-refractivity contribution in [2.75, 3.05) is 26.3 Å². The van der Waals surface area contributed by atoms with Crippen molar-refractivity contribution in [1.29, 1.82) is 0 Å². The van der Waals surface area contributed by atoms with Crippen molar-refractivity contribution in [2.24, 2.45) is 5.92 Å². The van der Waals surface area contributed by atoms with E-state index in [1.54, 1.807) is 6.07 Å². The predicted octanol–water partition coefficient (Wildman–Crippen LogP) is 1.81. The lowest BCUT2D eigenvalue weighted by atomic mass is 10.2. The van der Waals surface area contributed by atoms with E-state index in [2.05, 4.69) is 23.9 Å². The third-order valence-corrected chi connectivity index (χ3v) is 5.41. The van der Waals surface area contributed by atoms with E-state index in [0.717, 1.165) is 12.1 Å². The molecule has 0 saturated heterocycles. The highest BCUT2D eigenvalue weighted by Crippen LogP contribution is 2.19. The topological polar surface area (TPSA) is 67.4 Å². The van der Waals surface area contributed by atoms with Crippen molar-refractivity contribution < 1.29 is 13.2 Å². The Bertz CT molecular complexity index is 484. The summed E-state index contributed by atoms with van der Waals surface area (Å²) in [6.45, 7) is 9.03. The lowest BCUT2D eigenvalue weighted by Crippen LogP contribution is -2.27. The molecular weight excluding hydrogens is 296 g/mol. The maximum Gasteiger partial charge on any atom is 0.250 e. The van der Waals surface area contributed by atoms with E-state index in [1.165, 1.54) is 11.3 Å². The Balaban J connectivity index is 2.41. The first kappa shape index (κ1) is 17.6. The first-order chi connectivity index (χ1) is 9.45. The normalized spacial score (nSPS) is 12.2. The summed E-state index contributed by atoms with van der Waals surface area (Å²) >= 11 is 1.24. The molecule has 1 rings (SSSR count). The second-order valence-corrected chi connectivity index (χ2v) is 7.83. The molecule has 1 heterocycles. The van der Waals surface area contributed by atoms with Crippen molar-refractivity contribution in [3.05, 3.63) is 17.0 Å². The van der Waals surface area contributed by atoms with Crippen LogP contribution < -0.4 is 10.0 Å². The van der Waals surface area contributed by atoms with Crippen molar-refractivity contribution in [3.8, 4) is 0 Å². The molecule has 0 aromatic carbocycles. The highest BCUT2D eigenvalue weighted by molar-refractivity contribution is 7.91. The maximum atomic E-state index is 12.0. The van der Waals surface area contributed by atoms with Crippen LogP contribution in [-0.2, 0) is 21.3 Å². The minimum Gasteiger partial charge on any atom is -0.380 e. The molecule has 5 nitrogen and oxygen atoms in total. The first-order valence-corrected chi connectivity index (χ1v) is 9.17. The van der Waals surface area contributed by atoms with Gasteiger partial charge < -0.3 is 10.1 Å². The third-order valence-electron chi connectivity index (χ3n) is 2.46. The van der Waals surface area contributed by atoms with Crippen LogP contribution in [0.15, 0.2) is 15.7 Å². The molecule has 0 unspecified atom stereocenters. The fraction of sp³-hybridized carbons (Fsp3) is 0.692. The molecule has 0 aliphatic carbocycles. The monoisotopic (exact) mass is 320 g/mol. The molecule has 0 aliphatic rings. The molecule has 0 radical (unpaired) electrons. The molecule has 0 aliphatic heterocycles. The van der Waals surface area contributed by atoms with Gasteiger partial charge >= 0.3 is 0 Å². The zero-order chi connectivity index (χ0) is 15.0. The summed E-state index contributed by atoms with van der Waals surface area (Å²) in [6.07, 6.45) is 0. The summed E-state index contributed by atoms with van der Waals surface area (Å²) < 4.78 is 32.3. The zero-order valence-corrected chi connectivity index (χ0v) is 13.9. The van der Waals surface area contributed by atoms with Crippen molar-refractivity contribution >= 4 is 21.4 Å². The molecule has 0 spiro atoms. The van der Waals surface area contributed by atoms with E-state index in [4.69, 9.17) is 4.74 Å². The highest BCUT2D eigenvalue weighted by atomic mass is 32.2. The van der Waals surface area contributed by atoms with Gasteiger partial charge in [0, 0.05) is 19.7 Å². The van der Waals surface area contributed by atoms with Gasteiger partial charge in [-0.25, -0.2) is 13.1 Å². The Kier molecular flexibility index (Phi) is 7.68. The maximum absolute atomic E-state index is 12.0. The van der Waals surface area contributed by atoms with Crippen LogP contribution in [0, 0.1) is 5.92 Å². The smallest absolute Gasteiger partial charge is 0.250 e. The van der Waals surface area contributed by atoms with Crippen LogP contribution in [0.2, 0.25) is 0 Å². The van der Waals surface area contributed by atoms with E-state index in [-0.39, 0.29) is 0 Å². The molecule has 0 saturated carbocycles. The summed E-state index contributed by atoms with van der Waals surface area (Å²) in [7, 11) is -3.40. The van der Waals surface area contributed by atoms with Gasteiger partial charge in [-0.2, -0.15) is 0 Å².